The van der Waals surface area contributed by atoms with Crippen LogP contribution in [0.25, 0.3) is 5.57 Å². The zero-order chi connectivity index (χ0) is 36.3. The maximum Gasteiger partial charge on any atom is 0.251 e. The number of hydrogen-bond acceptors (Lipinski definition) is 6. The van der Waals surface area contributed by atoms with Crippen LogP contribution in [0.1, 0.15) is 73.8 Å². The molecule has 0 fully saturated rings. The standard InChI is InChI=1S/C30H40ClN3O4S.C3H8.C2H6.CH5N/c1-7-20-33(8-2)30(36)22-34(28(18-19-32)25(5)26-12-10-9-11-13-26)29(35)17-15-23(3)14-16-27(21-24(4)31)39(6,37)38;1-3-2;2*1-2/h9-19,21,23H,4,7-8,20,22,32H2,1-3,5-6H3;3H2,1-2H3;1-2H3;2H2,1H3/b16-14-,17-15+,19-18-,27-21+,28-25-;;;. The zero-order valence-electron chi connectivity index (χ0n) is 29.7. The molecule has 1 aromatic carbocycles. The van der Waals surface area contributed by atoms with E-state index in [1.54, 1.807) is 30.1 Å². The van der Waals surface area contributed by atoms with E-state index in [0.29, 0.717) is 18.8 Å². The van der Waals surface area contributed by atoms with Crippen molar-refractivity contribution in [3.63, 3.8) is 0 Å². The summed E-state index contributed by atoms with van der Waals surface area (Å²) in [5, 5.41) is 0.0870. The Morgan fingerprint density at radius 2 is 1.52 bits per heavy atom. The Hall–Kier alpha value is -3.40. The van der Waals surface area contributed by atoms with Gasteiger partial charge in [-0.15, -0.1) is 0 Å². The van der Waals surface area contributed by atoms with Crippen LogP contribution in [0.15, 0.2) is 95.2 Å². The van der Waals surface area contributed by atoms with Crippen LogP contribution in [0.3, 0.4) is 0 Å². The van der Waals surface area contributed by atoms with Crippen molar-refractivity contribution in [2.24, 2.45) is 17.4 Å². The SMILES string of the molecule is C=C(Cl)/C=C(\C=C/C(C)/C=C/C(=O)N(CC(=O)N(CC)CCC)C(/C=C\N)=C(/C)c1ccccc1)S(C)(=O)=O.CC.CCC.CN. The van der Waals surface area contributed by atoms with Crippen molar-refractivity contribution in [1.29, 1.82) is 0 Å². The second kappa shape index (κ2) is 27.9. The number of benzene rings is 1. The molecule has 4 N–H and O–H groups in total. The Morgan fingerprint density at radius 1 is 1.00 bits per heavy atom. The molecule has 0 aliphatic heterocycles. The summed E-state index contributed by atoms with van der Waals surface area (Å²) >= 11 is 5.77. The van der Waals surface area contributed by atoms with Gasteiger partial charge >= 0.3 is 0 Å². The van der Waals surface area contributed by atoms with Gasteiger partial charge in [-0.3, -0.25) is 14.5 Å². The van der Waals surface area contributed by atoms with Gasteiger partial charge in [-0.05, 0) is 68.8 Å². The highest BCUT2D eigenvalue weighted by molar-refractivity contribution is 7.94. The van der Waals surface area contributed by atoms with Crippen LogP contribution < -0.4 is 11.5 Å². The van der Waals surface area contributed by atoms with Crippen LogP contribution >= 0.6 is 11.6 Å². The van der Waals surface area contributed by atoms with E-state index in [-0.39, 0.29) is 28.3 Å². The van der Waals surface area contributed by atoms with Gasteiger partial charge in [0.05, 0.1) is 4.91 Å². The number of likely N-dealkylation sites (N-methyl/N-ethyl adjacent to an activating group) is 1. The average molecular weight is 679 g/mol. The zero-order valence-corrected chi connectivity index (χ0v) is 31.3. The molecule has 0 saturated heterocycles. The molecule has 8 nitrogen and oxygen atoms in total. The van der Waals surface area contributed by atoms with Crippen molar-refractivity contribution >= 4 is 38.8 Å². The number of halogens is 1. The molecule has 0 aliphatic rings. The second-order valence-corrected chi connectivity index (χ2v) is 12.2. The molecule has 1 atom stereocenters. The fourth-order valence-electron chi connectivity index (χ4n) is 3.66. The summed E-state index contributed by atoms with van der Waals surface area (Å²) in [6.45, 7) is 20.3. The third-order valence-electron chi connectivity index (χ3n) is 5.76. The molecule has 0 aliphatic carbocycles. The molecule has 0 heterocycles. The summed E-state index contributed by atoms with van der Waals surface area (Å²) < 4.78 is 24.1. The number of hydrogen-bond donors (Lipinski definition) is 2. The number of nitrogens with zero attached hydrogens (tertiary/aromatic N) is 2. The van der Waals surface area contributed by atoms with Crippen LogP contribution in [-0.2, 0) is 19.4 Å². The maximum absolute atomic E-state index is 13.5. The van der Waals surface area contributed by atoms with Crippen molar-refractivity contribution in [1.82, 2.24) is 9.80 Å². The Bertz CT molecular complexity index is 1280. The van der Waals surface area contributed by atoms with Crippen LogP contribution in [0, 0.1) is 5.92 Å². The third kappa shape index (κ3) is 19.9. The predicted molar refractivity (Wildman–Crippen MR) is 199 cm³/mol. The van der Waals surface area contributed by atoms with Gasteiger partial charge in [-0.2, -0.15) is 0 Å². The van der Waals surface area contributed by atoms with Crippen LogP contribution in [-0.4, -0.2) is 63.0 Å². The minimum absolute atomic E-state index is 0.00803. The van der Waals surface area contributed by atoms with Gasteiger partial charge in [0.1, 0.15) is 6.54 Å². The largest absolute Gasteiger partial charge is 0.405 e. The fourth-order valence-corrected chi connectivity index (χ4v) is 4.52. The summed E-state index contributed by atoms with van der Waals surface area (Å²) in [6.07, 6.45) is 13.4. The normalized spacial score (nSPS) is 12.6. The van der Waals surface area contributed by atoms with E-state index in [4.69, 9.17) is 17.3 Å². The van der Waals surface area contributed by atoms with Crippen molar-refractivity contribution < 1.29 is 18.0 Å². The molecular formula is C36H59ClN4O4S. The van der Waals surface area contributed by atoms with Crippen LogP contribution in [0.5, 0.6) is 0 Å². The molecule has 260 valence electrons. The van der Waals surface area contributed by atoms with Gasteiger partial charge in [0, 0.05) is 36.2 Å². The Balaban J connectivity index is -0.00000244. The highest BCUT2D eigenvalue weighted by Gasteiger charge is 2.23. The molecule has 0 bridgehead atoms. The first-order chi connectivity index (χ1) is 21.8. The molecule has 10 heteroatoms. The first-order valence-electron chi connectivity index (χ1n) is 15.7. The van der Waals surface area contributed by atoms with E-state index in [1.165, 1.54) is 42.8 Å². The number of nitrogens with two attached hydrogens (primary N) is 2. The molecule has 1 aromatic rings. The third-order valence-corrected chi connectivity index (χ3v) is 6.98. The molecule has 1 rings (SSSR count). The first kappa shape index (κ1) is 47.0. The first-order valence-corrected chi connectivity index (χ1v) is 18.0. The summed E-state index contributed by atoms with van der Waals surface area (Å²) in [4.78, 5) is 29.9. The highest BCUT2D eigenvalue weighted by atomic mass is 35.5. The number of sulfone groups is 1. The topological polar surface area (TPSA) is 127 Å². The molecule has 1 unspecified atom stereocenters. The van der Waals surface area contributed by atoms with E-state index < -0.39 is 15.7 Å². The van der Waals surface area contributed by atoms with Gasteiger partial charge in [0.15, 0.2) is 9.84 Å². The Kier molecular flexibility index (Phi) is 28.5. The van der Waals surface area contributed by atoms with Gasteiger partial charge in [-0.25, -0.2) is 8.42 Å². The highest BCUT2D eigenvalue weighted by Crippen LogP contribution is 2.23. The maximum atomic E-state index is 13.5. The lowest BCUT2D eigenvalue weighted by atomic mass is 10.0. The Labute approximate surface area is 285 Å². The summed E-state index contributed by atoms with van der Waals surface area (Å²) in [6, 6.07) is 9.53. The van der Waals surface area contributed by atoms with E-state index in [2.05, 4.69) is 26.2 Å². The van der Waals surface area contributed by atoms with Crippen molar-refractivity contribution in [2.75, 3.05) is 32.9 Å². The van der Waals surface area contributed by atoms with E-state index in [1.807, 2.05) is 65.0 Å². The van der Waals surface area contributed by atoms with Gasteiger partial charge in [-0.1, -0.05) is 109 Å². The minimum atomic E-state index is -3.52. The summed E-state index contributed by atoms with van der Waals surface area (Å²) in [7, 11) is -2.02. The van der Waals surface area contributed by atoms with Gasteiger partial charge in [0.25, 0.3) is 5.91 Å². The van der Waals surface area contributed by atoms with Crippen molar-refractivity contribution in [3.8, 4) is 0 Å². The lowest BCUT2D eigenvalue weighted by Gasteiger charge is -2.28. The van der Waals surface area contributed by atoms with Crippen molar-refractivity contribution in [2.45, 2.75) is 68.2 Å². The van der Waals surface area contributed by atoms with E-state index in [9.17, 15) is 18.0 Å². The van der Waals surface area contributed by atoms with Crippen LogP contribution in [0.4, 0.5) is 0 Å². The smallest absolute Gasteiger partial charge is 0.251 e. The molecule has 46 heavy (non-hydrogen) atoms. The number of allylic oxidation sites excluding steroid dienone is 7. The molecule has 0 radical (unpaired) electrons. The minimum Gasteiger partial charge on any atom is -0.405 e. The number of rotatable bonds is 14. The van der Waals surface area contributed by atoms with E-state index >= 15 is 0 Å². The lowest BCUT2D eigenvalue weighted by Crippen LogP contribution is -2.42. The summed E-state index contributed by atoms with van der Waals surface area (Å²) in [5.41, 5.74) is 12.4. The summed E-state index contributed by atoms with van der Waals surface area (Å²) in [5.74, 6) is -0.894. The van der Waals surface area contributed by atoms with Gasteiger partial charge < -0.3 is 16.4 Å². The van der Waals surface area contributed by atoms with Crippen LogP contribution in [0.2, 0.25) is 0 Å². The van der Waals surface area contributed by atoms with E-state index in [0.717, 1.165) is 23.8 Å². The predicted octanol–water partition coefficient (Wildman–Crippen LogP) is 7.42. The number of carbonyl (C=O) groups excluding carboxylic acids is 2. The van der Waals surface area contributed by atoms with Crippen molar-refractivity contribution in [3.05, 3.63) is 101 Å². The molecule has 0 spiro atoms. The Morgan fingerprint density at radius 3 is 1.96 bits per heavy atom. The van der Waals surface area contributed by atoms with Gasteiger partial charge in [0.2, 0.25) is 5.91 Å². The number of carbonyl (C=O) groups is 2. The fraction of sp³-hybridized carbons (Fsp3) is 0.444. The second-order valence-electron chi connectivity index (χ2n) is 9.68. The molecule has 0 saturated carbocycles. The monoisotopic (exact) mass is 678 g/mol. The molecule has 2 amide bonds. The quantitative estimate of drug-likeness (QED) is 0.156. The molecular weight excluding hydrogens is 620 g/mol. The molecule has 0 aromatic heterocycles. The lowest BCUT2D eigenvalue weighted by molar-refractivity contribution is -0.136. The number of amides is 2. The average Bonchev–Trinajstić information content (AvgIpc) is 3.03.